The molecule has 0 saturated carbocycles. The fourth-order valence-corrected chi connectivity index (χ4v) is 3.89. The van der Waals surface area contributed by atoms with E-state index in [9.17, 15) is 9.18 Å². The standard InChI is InChI=1S/C21H23FN6O.ClH/c22-18-8-6-16(7-9-18)19(27-12-10-17(11-13-27)20(23)29)21-24-25-26-28(21)14-15-4-2-1-3-5-15;/h1-9,17,19H,10-14H2,(H2,23,29);1H. The van der Waals surface area contributed by atoms with Gasteiger partial charge in [-0.05, 0) is 59.6 Å². The SMILES string of the molecule is Cl.NC(=O)C1CCN(C(c2ccc(F)cc2)c2nnnn2Cc2ccccc2)CC1. The molecule has 7 nitrogen and oxygen atoms in total. The van der Waals surface area contributed by atoms with E-state index >= 15 is 0 Å². The predicted molar refractivity (Wildman–Crippen MR) is 112 cm³/mol. The molecule has 3 aromatic rings. The number of amides is 1. The van der Waals surface area contributed by atoms with Crippen molar-refractivity contribution >= 4 is 18.3 Å². The number of benzene rings is 2. The number of nitrogens with zero attached hydrogens (tertiary/aromatic N) is 5. The van der Waals surface area contributed by atoms with Gasteiger partial charge >= 0.3 is 0 Å². The number of tetrazole rings is 1. The van der Waals surface area contributed by atoms with E-state index in [1.54, 1.807) is 16.8 Å². The summed E-state index contributed by atoms with van der Waals surface area (Å²) in [5.74, 6) is 0.0409. The predicted octanol–water partition coefficient (Wildman–Crippen LogP) is 2.57. The summed E-state index contributed by atoms with van der Waals surface area (Å²) in [4.78, 5) is 13.8. The number of rotatable bonds is 6. The number of halogens is 2. The lowest BCUT2D eigenvalue weighted by molar-refractivity contribution is -0.123. The molecule has 1 aliphatic heterocycles. The van der Waals surface area contributed by atoms with Crippen LogP contribution >= 0.6 is 12.4 Å². The number of nitrogens with two attached hydrogens (primary N) is 1. The van der Waals surface area contributed by atoms with Gasteiger partial charge in [-0.2, -0.15) is 0 Å². The smallest absolute Gasteiger partial charge is 0.220 e. The van der Waals surface area contributed by atoms with Gasteiger partial charge < -0.3 is 5.73 Å². The first-order valence-corrected chi connectivity index (χ1v) is 9.70. The van der Waals surface area contributed by atoms with Crippen LogP contribution in [0.2, 0.25) is 0 Å². The van der Waals surface area contributed by atoms with Crippen LogP contribution in [0.1, 0.15) is 35.8 Å². The van der Waals surface area contributed by atoms with Crippen molar-refractivity contribution in [2.75, 3.05) is 13.1 Å². The van der Waals surface area contributed by atoms with Crippen molar-refractivity contribution in [3.63, 3.8) is 0 Å². The van der Waals surface area contributed by atoms with Gasteiger partial charge in [0.25, 0.3) is 0 Å². The second kappa shape index (κ2) is 9.77. The van der Waals surface area contributed by atoms with E-state index in [1.165, 1.54) is 12.1 Å². The van der Waals surface area contributed by atoms with E-state index in [2.05, 4.69) is 20.4 Å². The molecule has 30 heavy (non-hydrogen) atoms. The van der Waals surface area contributed by atoms with Crippen LogP contribution in [-0.2, 0) is 11.3 Å². The maximum Gasteiger partial charge on any atom is 0.220 e. The van der Waals surface area contributed by atoms with Gasteiger partial charge in [-0.25, -0.2) is 9.07 Å². The van der Waals surface area contributed by atoms with Gasteiger partial charge in [0.2, 0.25) is 5.91 Å². The van der Waals surface area contributed by atoms with E-state index in [-0.39, 0.29) is 36.1 Å². The molecule has 1 saturated heterocycles. The molecule has 0 spiro atoms. The van der Waals surface area contributed by atoms with Crippen LogP contribution in [-0.4, -0.2) is 44.1 Å². The fraction of sp³-hybridized carbons (Fsp3) is 0.333. The van der Waals surface area contributed by atoms with Crippen LogP contribution in [0.15, 0.2) is 54.6 Å². The van der Waals surface area contributed by atoms with Gasteiger partial charge in [0.05, 0.1) is 12.6 Å². The number of hydrogen-bond donors (Lipinski definition) is 1. The first-order chi connectivity index (χ1) is 14.1. The zero-order chi connectivity index (χ0) is 20.2. The lowest BCUT2D eigenvalue weighted by Crippen LogP contribution is -2.41. The molecule has 1 amide bonds. The van der Waals surface area contributed by atoms with Crippen molar-refractivity contribution in [3.05, 3.63) is 77.4 Å². The summed E-state index contributed by atoms with van der Waals surface area (Å²) in [6.07, 6.45) is 1.38. The quantitative estimate of drug-likeness (QED) is 0.649. The molecular weight excluding hydrogens is 407 g/mol. The molecule has 0 radical (unpaired) electrons. The highest BCUT2D eigenvalue weighted by Crippen LogP contribution is 2.31. The Bertz CT molecular complexity index is 957. The van der Waals surface area contributed by atoms with E-state index in [1.807, 2.05) is 30.3 Å². The Morgan fingerprint density at radius 3 is 2.40 bits per heavy atom. The summed E-state index contributed by atoms with van der Waals surface area (Å²) in [6, 6.07) is 16.2. The fourth-order valence-electron chi connectivity index (χ4n) is 3.89. The van der Waals surface area contributed by atoms with Crippen molar-refractivity contribution in [2.45, 2.75) is 25.4 Å². The Labute approximate surface area is 180 Å². The van der Waals surface area contributed by atoms with Crippen LogP contribution < -0.4 is 5.73 Å². The number of aromatic nitrogens is 4. The van der Waals surface area contributed by atoms with Crippen LogP contribution in [0.3, 0.4) is 0 Å². The van der Waals surface area contributed by atoms with Crippen LogP contribution in [0.4, 0.5) is 4.39 Å². The summed E-state index contributed by atoms with van der Waals surface area (Å²) < 4.78 is 15.3. The maximum absolute atomic E-state index is 13.5. The highest BCUT2D eigenvalue weighted by molar-refractivity contribution is 5.85. The molecule has 1 aliphatic rings. The Balaban J connectivity index is 0.00000256. The van der Waals surface area contributed by atoms with Crippen molar-refractivity contribution in [3.8, 4) is 0 Å². The molecule has 2 aromatic carbocycles. The molecule has 1 fully saturated rings. The Hall–Kier alpha value is -2.84. The Morgan fingerprint density at radius 1 is 1.10 bits per heavy atom. The van der Waals surface area contributed by atoms with E-state index in [0.29, 0.717) is 38.3 Å². The van der Waals surface area contributed by atoms with Crippen molar-refractivity contribution in [2.24, 2.45) is 11.7 Å². The molecule has 1 aromatic heterocycles. The molecule has 158 valence electrons. The minimum Gasteiger partial charge on any atom is -0.369 e. The second-order valence-electron chi connectivity index (χ2n) is 7.35. The highest BCUT2D eigenvalue weighted by Gasteiger charge is 2.32. The Morgan fingerprint density at radius 2 is 1.77 bits per heavy atom. The summed E-state index contributed by atoms with van der Waals surface area (Å²) in [5.41, 5.74) is 7.48. The lowest BCUT2D eigenvalue weighted by atomic mass is 9.93. The molecule has 2 N–H and O–H groups in total. The number of piperidine rings is 1. The van der Waals surface area contributed by atoms with Crippen LogP contribution in [0, 0.1) is 11.7 Å². The van der Waals surface area contributed by atoms with Crippen molar-refractivity contribution < 1.29 is 9.18 Å². The van der Waals surface area contributed by atoms with E-state index in [4.69, 9.17) is 5.73 Å². The summed E-state index contributed by atoms with van der Waals surface area (Å²) in [6.45, 7) is 1.92. The van der Waals surface area contributed by atoms with Crippen molar-refractivity contribution in [1.82, 2.24) is 25.1 Å². The molecule has 9 heteroatoms. The lowest BCUT2D eigenvalue weighted by Gasteiger charge is -2.36. The Kier molecular flexibility index (Phi) is 7.12. The first-order valence-electron chi connectivity index (χ1n) is 9.70. The van der Waals surface area contributed by atoms with Crippen molar-refractivity contribution in [1.29, 1.82) is 0 Å². The molecule has 2 heterocycles. The van der Waals surface area contributed by atoms with Gasteiger partial charge in [-0.15, -0.1) is 17.5 Å². The maximum atomic E-state index is 13.5. The molecule has 4 rings (SSSR count). The number of carbonyl (C=O) groups excluding carboxylic acids is 1. The number of carbonyl (C=O) groups is 1. The third-order valence-electron chi connectivity index (χ3n) is 5.46. The minimum atomic E-state index is -0.288. The van der Waals surface area contributed by atoms with E-state index < -0.39 is 0 Å². The molecule has 0 aliphatic carbocycles. The average Bonchev–Trinajstić information content (AvgIpc) is 3.18. The minimum absolute atomic E-state index is 0. The molecule has 1 unspecified atom stereocenters. The third-order valence-corrected chi connectivity index (χ3v) is 5.46. The first kappa shape index (κ1) is 21.9. The number of primary amides is 1. The van der Waals surface area contributed by atoms with Gasteiger partial charge in [0, 0.05) is 5.92 Å². The van der Waals surface area contributed by atoms with Gasteiger partial charge in [0.1, 0.15) is 5.82 Å². The normalized spacial score (nSPS) is 16.0. The molecular formula is C21H24ClFN6O. The number of hydrogen-bond acceptors (Lipinski definition) is 5. The van der Waals surface area contributed by atoms with Gasteiger partial charge in [-0.3, -0.25) is 9.69 Å². The van der Waals surface area contributed by atoms with Gasteiger partial charge in [-0.1, -0.05) is 42.5 Å². The van der Waals surface area contributed by atoms with E-state index in [0.717, 1.165) is 11.1 Å². The molecule has 0 bridgehead atoms. The zero-order valence-electron chi connectivity index (χ0n) is 16.4. The largest absolute Gasteiger partial charge is 0.369 e. The summed E-state index contributed by atoms with van der Waals surface area (Å²) >= 11 is 0. The van der Waals surface area contributed by atoms with Crippen LogP contribution in [0.25, 0.3) is 0 Å². The summed E-state index contributed by atoms with van der Waals surface area (Å²) in [7, 11) is 0. The highest BCUT2D eigenvalue weighted by atomic mass is 35.5. The topological polar surface area (TPSA) is 89.9 Å². The average molecular weight is 431 g/mol. The zero-order valence-corrected chi connectivity index (χ0v) is 17.2. The summed E-state index contributed by atoms with van der Waals surface area (Å²) in [5, 5.41) is 12.4. The van der Waals surface area contributed by atoms with Crippen LogP contribution in [0.5, 0.6) is 0 Å². The number of likely N-dealkylation sites (tertiary alicyclic amines) is 1. The third kappa shape index (κ3) is 4.83. The van der Waals surface area contributed by atoms with Gasteiger partial charge in [0.15, 0.2) is 5.82 Å². The molecule has 1 atom stereocenters. The second-order valence-corrected chi connectivity index (χ2v) is 7.35. The monoisotopic (exact) mass is 430 g/mol.